The van der Waals surface area contributed by atoms with Crippen molar-refractivity contribution in [2.24, 2.45) is 5.41 Å². The Balaban J connectivity index is 1.76. The van der Waals surface area contributed by atoms with Gasteiger partial charge in [-0.05, 0) is 56.1 Å². The molecule has 4 nitrogen and oxygen atoms in total. The molecule has 2 aromatic heterocycles. The number of hydrogen-bond acceptors (Lipinski definition) is 3. The monoisotopic (exact) mass is 441 g/mol. The maximum atomic E-state index is 12.4. The predicted octanol–water partition coefficient (Wildman–Crippen LogP) is 4.98. The van der Waals surface area contributed by atoms with Crippen molar-refractivity contribution in [3.63, 3.8) is 0 Å². The molecule has 0 saturated carbocycles. The van der Waals surface area contributed by atoms with Gasteiger partial charge in [0, 0.05) is 54.4 Å². The molecule has 0 spiro atoms. The Morgan fingerprint density at radius 3 is 2.24 bits per heavy atom. The molecule has 0 amide bonds. The standard InChI is InChI=1S/C29H35N3O/c1-22(2)24-9-11-25(12-10-24)29(33,28(5)20-31(6)21-28)26-17-23(18-30-19-26)13-14-27(3,4)32-15-7-8-16-32/h7-12,15-19,22,33H,20-21H2,1-6H3/t29-/m0/s1. The van der Waals surface area contributed by atoms with Crippen LogP contribution in [0.4, 0.5) is 0 Å². The van der Waals surface area contributed by atoms with E-state index >= 15 is 0 Å². The van der Waals surface area contributed by atoms with Gasteiger partial charge in [-0.1, -0.05) is 56.9 Å². The van der Waals surface area contributed by atoms with Crippen molar-refractivity contribution in [2.45, 2.75) is 51.7 Å². The third-order valence-corrected chi connectivity index (χ3v) is 7.03. The molecule has 3 aromatic rings. The number of aromatic nitrogens is 2. The summed E-state index contributed by atoms with van der Waals surface area (Å²) in [5.41, 5.74) is 1.95. The summed E-state index contributed by atoms with van der Waals surface area (Å²) in [6.45, 7) is 12.3. The van der Waals surface area contributed by atoms with Gasteiger partial charge in [-0.15, -0.1) is 0 Å². The molecule has 0 bridgehead atoms. The van der Waals surface area contributed by atoms with Gasteiger partial charge in [0.05, 0.1) is 5.54 Å². The van der Waals surface area contributed by atoms with Gasteiger partial charge < -0.3 is 14.6 Å². The Hall–Kier alpha value is -2.87. The topological polar surface area (TPSA) is 41.3 Å². The number of likely N-dealkylation sites (tertiary alicyclic amines) is 1. The quantitative estimate of drug-likeness (QED) is 0.568. The van der Waals surface area contributed by atoms with Crippen molar-refractivity contribution in [1.29, 1.82) is 0 Å². The molecule has 33 heavy (non-hydrogen) atoms. The molecular weight excluding hydrogens is 406 g/mol. The summed E-state index contributed by atoms with van der Waals surface area (Å²) in [6.07, 6.45) is 7.62. The average Bonchev–Trinajstić information content (AvgIpc) is 3.32. The van der Waals surface area contributed by atoms with Crippen LogP contribution < -0.4 is 0 Å². The highest BCUT2D eigenvalue weighted by atomic mass is 16.3. The fourth-order valence-corrected chi connectivity index (χ4v) is 5.05. The Morgan fingerprint density at radius 2 is 1.67 bits per heavy atom. The lowest BCUT2D eigenvalue weighted by Crippen LogP contribution is -2.63. The van der Waals surface area contributed by atoms with E-state index in [1.54, 1.807) is 12.4 Å². The van der Waals surface area contributed by atoms with Crippen molar-refractivity contribution >= 4 is 0 Å². The first-order valence-corrected chi connectivity index (χ1v) is 11.7. The number of aliphatic hydroxyl groups is 1. The van der Waals surface area contributed by atoms with E-state index in [4.69, 9.17) is 0 Å². The van der Waals surface area contributed by atoms with Crippen LogP contribution in [0.1, 0.15) is 62.8 Å². The van der Waals surface area contributed by atoms with E-state index in [9.17, 15) is 5.11 Å². The minimum atomic E-state index is -1.16. The minimum Gasteiger partial charge on any atom is -0.380 e. The van der Waals surface area contributed by atoms with Crippen LogP contribution >= 0.6 is 0 Å². The molecule has 1 aliphatic heterocycles. The van der Waals surface area contributed by atoms with E-state index in [0.717, 1.165) is 29.8 Å². The lowest BCUT2D eigenvalue weighted by atomic mass is 9.62. The van der Waals surface area contributed by atoms with Crippen LogP contribution in [0.15, 0.2) is 67.3 Å². The molecule has 0 aliphatic carbocycles. The summed E-state index contributed by atoms with van der Waals surface area (Å²) in [5, 5.41) is 12.4. The van der Waals surface area contributed by atoms with Crippen molar-refractivity contribution in [3.8, 4) is 11.8 Å². The van der Waals surface area contributed by atoms with Crippen LogP contribution in [0, 0.1) is 17.3 Å². The number of nitrogens with zero attached hydrogens (tertiary/aromatic N) is 3. The third kappa shape index (κ3) is 4.24. The first kappa shape index (κ1) is 23.3. The van der Waals surface area contributed by atoms with Crippen LogP contribution in [-0.2, 0) is 11.1 Å². The van der Waals surface area contributed by atoms with Gasteiger partial charge in [-0.3, -0.25) is 4.98 Å². The van der Waals surface area contributed by atoms with Gasteiger partial charge in [0.15, 0.2) is 0 Å². The molecule has 3 heterocycles. The van der Waals surface area contributed by atoms with Crippen LogP contribution in [0.2, 0.25) is 0 Å². The molecule has 1 aliphatic rings. The molecule has 1 fully saturated rings. The third-order valence-electron chi connectivity index (χ3n) is 7.03. The largest absolute Gasteiger partial charge is 0.380 e. The number of pyridine rings is 1. The lowest BCUT2D eigenvalue weighted by Gasteiger charge is -2.55. The van der Waals surface area contributed by atoms with Crippen molar-refractivity contribution in [1.82, 2.24) is 14.5 Å². The zero-order chi connectivity index (χ0) is 23.9. The molecule has 4 heteroatoms. The van der Waals surface area contributed by atoms with Crippen LogP contribution in [0.3, 0.4) is 0 Å². The zero-order valence-electron chi connectivity index (χ0n) is 20.6. The first-order chi connectivity index (χ1) is 15.5. The van der Waals surface area contributed by atoms with Gasteiger partial charge >= 0.3 is 0 Å². The second-order valence-electron chi connectivity index (χ2n) is 10.6. The molecule has 1 saturated heterocycles. The molecule has 0 radical (unpaired) electrons. The number of benzene rings is 1. The molecule has 1 atom stereocenters. The fourth-order valence-electron chi connectivity index (χ4n) is 5.05. The van der Waals surface area contributed by atoms with E-state index in [1.165, 1.54) is 5.56 Å². The zero-order valence-corrected chi connectivity index (χ0v) is 20.6. The summed E-state index contributed by atoms with van der Waals surface area (Å²) < 4.78 is 2.09. The van der Waals surface area contributed by atoms with E-state index < -0.39 is 5.60 Å². The van der Waals surface area contributed by atoms with E-state index in [2.05, 4.69) is 92.2 Å². The summed E-state index contributed by atoms with van der Waals surface area (Å²) in [4.78, 5) is 6.73. The maximum absolute atomic E-state index is 12.4. The van der Waals surface area contributed by atoms with Crippen LogP contribution in [0.25, 0.3) is 0 Å². The first-order valence-electron chi connectivity index (χ1n) is 11.7. The van der Waals surface area contributed by atoms with E-state index in [1.807, 2.05) is 30.6 Å². The highest BCUT2D eigenvalue weighted by Crippen LogP contribution is 2.50. The number of hydrogen-bond donors (Lipinski definition) is 1. The molecular formula is C29H35N3O. The Morgan fingerprint density at radius 1 is 1.03 bits per heavy atom. The van der Waals surface area contributed by atoms with Gasteiger partial charge in [0.2, 0.25) is 0 Å². The second-order valence-corrected chi connectivity index (χ2v) is 10.6. The summed E-state index contributed by atoms with van der Waals surface area (Å²) >= 11 is 0. The van der Waals surface area contributed by atoms with Crippen molar-refractivity contribution < 1.29 is 5.11 Å². The summed E-state index contributed by atoms with van der Waals surface area (Å²) in [5.74, 6) is 7.12. The Bertz CT molecular complexity index is 1160. The van der Waals surface area contributed by atoms with Gasteiger partial charge in [0.25, 0.3) is 0 Å². The van der Waals surface area contributed by atoms with Crippen LogP contribution in [-0.4, -0.2) is 39.7 Å². The Labute approximate surface area is 198 Å². The minimum absolute atomic E-state index is 0.320. The molecule has 172 valence electrons. The van der Waals surface area contributed by atoms with E-state index in [0.29, 0.717) is 5.92 Å². The Kier molecular flexibility index (Phi) is 5.99. The predicted molar refractivity (Wildman–Crippen MR) is 134 cm³/mol. The SMILES string of the molecule is CC(C)c1ccc([C@](O)(c2cncc(C#CC(C)(C)n3cccc3)c2)C2(C)CN(C)C2)cc1. The molecule has 1 aromatic carbocycles. The molecule has 1 N–H and O–H groups in total. The van der Waals surface area contributed by atoms with Crippen molar-refractivity contribution in [2.75, 3.05) is 20.1 Å². The highest BCUT2D eigenvalue weighted by Gasteiger charge is 2.55. The second kappa shape index (κ2) is 8.48. The summed E-state index contributed by atoms with van der Waals surface area (Å²) in [6, 6.07) is 14.4. The van der Waals surface area contributed by atoms with Gasteiger partial charge in [0.1, 0.15) is 5.60 Å². The molecule has 4 rings (SSSR count). The van der Waals surface area contributed by atoms with Crippen LogP contribution in [0.5, 0.6) is 0 Å². The summed E-state index contributed by atoms with van der Waals surface area (Å²) in [7, 11) is 2.09. The highest BCUT2D eigenvalue weighted by molar-refractivity contribution is 5.45. The molecule has 0 unspecified atom stereocenters. The van der Waals surface area contributed by atoms with Crippen molar-refractivity contribution in [3.05, 3.63) is 89.5 Å². The van der Waals surface area contributed by atoms with E-state index in [-0.39, 0.29) is 11.0 Å². The van der Waals surface area contributed by atoms with Gasteiger partial charge in [-0.25, -0.2) is 0 Å². The fraction of sp³-hybridized carbons (Fsp3) is 0.414. The normalized spacial score (nSPS) is 17.7. The smallest absolute Gasteiger partial charge is 0.124 e. The van der Waals surface area contributed by atoms with Gasteiger partial charge in [-0.2, -0.15) is 0 Å². The average molecular weight is 442 g/mol. The number of rotatable bonds is 5. The maximum Gasteiger partial charge on any atom is 0.124 e. The lowest BCUT2D eigenvalue weighted by molar-refractivity contribution is -0.127.